The average molecular weight is 259 g/mol. The van der Waals surface area contributed by atoms with Gasteiger partial charge in [0.05, 0.1) is 12.8 Å². The first-order valence-corrected chi connectivity index (χ1v) is 5.74. The van der Waals surface area contributed by atoms with Crippen molar-refractivity contribution in [2.24, 2.45) is 0 Å². The van der Waals surface area contributed by atoms with Gasteiger partial charge >= 0.3 is 6.01 Å². The third-order valence-corrected chi connectivity index (χ3v) is 2.35. The molecule has 0 aliphatic heterocycles. The Morgan fingerprint density at radius 3 is 2.84 bits per heavy atom. The van der Waals surface area contributed by atoms with Gasteiger partial charge < -0.3 is 14.8 Å². The van der Waals surface area contributed by atoms with Crippen LogP contribution in [-0.2, 0) is 0 Å². The first-order chi connectivity index (χ1) is 9.19. The van der Waals surface area contributed by atoms with Gasteiger partial charge in [0.1, 0.15) is 11.6 Å². The van der Waals surface area contributed by atoms with Gasteiger partial charge in [-0.25, -0.2) is 4.98 Å². The van der Waals surface area contributed by atoms with Crippen molar-refractivity contribution in [1.29, 1.82) is 0 Å². The van der Waals surface area contributed by atoms with Crippen molar-refractivity contribution in [2.75, 3.05) is 12.4 Å². The molecule has 0 amide bonds. The van der Waals surface area contributed by atoms with Crippen LogP contribution < -0.4 is 14.8 Å². The monoisotopic (exact) mass is 259 g/mol. The zero-order chi connectivity index (χ0) is 13.7. The van der Waals surface area contributed by atoms with Crippen LogP contribution in [0.5, 0.6) is 11.8 Å². The zero-order valence-corrected chi connectivity index (χ0v) is 10.8. The van der Waals surface area contributed by atoms with Crippen molar-refractivity contribution in [2.45, 2.75) is 13.2 Å². The van der Waals surface area contributed by atoms with Gasteiger partial charge in [0.2, 0.25) is 0 Å². The van der Waals surface area contributed by atoms with E-state index >= 15 is 0 Å². The number of aromatic nitrogens is 3. The Labute approximate surface area is 111 Å². The molecular formula is C13H15N4O2. The highest BCUT2D eigenvalue weighted by Gasteiger charge is 2.08. The molecule has 6 heteroatoms. The Morgan fingerprint density at radius 2 is 2.11 bits per heavy atom. The summed E-state index contributed by atoms with van der Waals surface area (Å²) in [7, 11) is 1.51. The second kappa shape index (κ2) is 5.99. The van der Waals surface area contributed by atoms with Crippen LogP contribution in [0.2, 0.25) is 0 Å². The Morgan fingerprint density at radius 1 is 1.26 bits per heavy atom. The van der Waals surface area contributed by atoms with E-state index in [1.807, 2.05) is 19.1 Å². The van der Waals surface area contributed by atoms with E-state index in [-0.39, 0.29) is 6.01 Å². The predicted octanol–water partition coefficient (Wildman–Crippen LogP) is 1.84. The van der Waals surface area contributed by atoms with Crippen LogP contribution in [0.3, 0.4) is 0 Å². The Bertz CT molecular complexity index is 548. The van der Waals surface area contributed by atoms with Crippen LogP contribution in [-0.4, -0.2) is 28.3 Å². The summed E-state index contributed by atoms with van der Waals surface area (Å²) in [6.45, 7) is 5.73. The highest BCUT2D eigenvalue weighted by atomic mass is 16.5. The molecule has 0 fully saturated rings. The Balaban J connectivity index is 2.01. The Hall–Kier alpha value is -2.37. The molecule has 0 bridgehead atoms. The quantitative estimate of drug-likeness (QED) is 0.826. The van der Waals surface area contributed by atoms with Crippen LogP contribution >= 0.6 is 0 Å². The number of hydrogen-bond acceptors (Lipinski definition) is 6. The molecule has 1 radical (unpaired) electrons. The summed E-state index contributed by atoms with van der Waals surface area (Å²) in [6, 6.07) is 5.64. The van der Waals surface area contributed by atoms with Crippen molar-refractivity contribution >= 4 is 5.82 Å². The summed E-state index contributed by atoms with van der Waals surface area (Å²) in [5.41, 5.74) is 0.804. The summed E-state index contributed by atoms with van der Waals surface area (Å²) in [4.78, 5) is 12.2. The lowest BCUT2D eigenvalue weighted by Gasteiger charge is -2.17. The molecule has 2 rings (SSSR count). The molecule has 0 aliphatic carbocycles. The van der Waals surface area contributed by atoms with Crippen LogP contribution in [0.15, 0.2) is 30.6 Å². The van der Waals surface area contributed by atoms with Crippen LogP contribution in [0.1, 0.15) is 5.69 Å². The maximum absolute atomic E-state index is 5.64. The maximum atomic E-state index is 5.64. The van der Waals surface area contributed by atoms with Gasteiger partial charge in [0.25, 0.3) is 0 Å². The fourth-order valence-corrected chi connectivity index (χ4v) is 1.46. The molecule has 0 aromatic carbocycles. The summed E-state index contributed by atoms with van der Waals surface area (Å²) >= 11 is 0. The van der Waals surface area contributed by atoms with Gasteiger partial charge in [-0.15, -0.1) is 0 Å². The highest BCUT2D eigenvalue weighted by Crippen LogP contribution is 2.16. The molecule has 1 N–H and O–H groups in total. The van der Waals surface area contributed by atoms with Gasteiger partial charge in [-0.2, -0.15) is 4.98 Å². The SMILES string of the molecule is [CH2]C(Nc1ccnc(OC)n1)Oc1cccnc1C. The average Bonchev–Trinajstić information content (AvgIpc) is 2.41. The van der Waals surface area contributed by atoms with E-state index in [1.165, 1.54) is 7.11 Å². The molecule has 0 saturated heterocycles. The number of pyridine rings is 1. The molecule has 19 heavy (non-hydrogen) atoms. The molecule has 6 nitrogen and oxygen atoms in total. The largest absolute Gasteiger partial charge is 0.469 e. The summed E-state index contributed by atoms with van der Waals surface area (Å²) < 4.78 is 10.6. The molecule has 1 atom stereocenters. The van der Waals surface area contributed by atoms with Gasteiger partial charge in [-0.3, -0.25) is 4.98 Å². The van der Waals surface area contributed by atoms with Crippen LogP contribution in [0, 0.1) is 13.8 Å². The molecule has 2 aromatic rings. The topological polar surface area (TPSA) is 69.2 Å². The van der Waals surface area contributed by atoms with E-state index in [0.717, 1.165) is 5.69 Å². The number of methoxy groups -OCH3 is 1. The minimum atomic E-state index is -0.498. The summed E-state index contributed by atoms with van der Waals surface area (Å²) in [6.07, 6.45) is 2.81. The molecule has 1 unspecified atom stereocenters. The first-order valence-electron chi connectivity index (χ1n) is 5.74. The number of ether oxygens (including phenoxy) is 2. The van der Waals surface area contributed by atoms with Gasteiger partial charge in [0, 0.05) is 19.3 Å². The van der Waals surface area contributed by atoms with Crippen molar-refractivity contribution in [3.63, 3.8) is 0 Å². The van der Waals surface area contributed by atoms with E-state index in [2.05, 4.69) is 27.2 Å². The lowest BCUT2D eigenvalue weighted by molar-refractivity contribution is 0.271. The van der Waals surface area contributed by atoms with Gasteiger partial charge in [-0.1, -0.05) is 0 Å². The molecule has 2 heterocycles. The second-order valence-electron chi connectivity index (χ2n) is 3.77. The number of rotatable bonds is 5. The zero-order valence-electron chi connectivity index (χ0n) is 10.8. The van der Waals surface area contributed by atoms with E-state index in [0.29, 0.717) is 11.6 Å². The summed E-state index contributed by atoms with van der Waals surface area (Å²) in [5, 5.41) is 3.00. The van der Waals surface area contributed by atoms with E-state index < -0.39 is 6.23 Å². The number of nitrogens with one attached hydrogen (secondary N) is 1. The van der Waals surface area contributed by atoms with Gasteiger partial charge in [0.15, 0.2) is 6.23 Å². The van der Waals surface area contributed by atoms with Crippen molar-refractivity contribution in [3.05, 3.63) is 43.2 Å². The smallest absolute Gasteiger partial charge is 0.318 e. The highest BCUT2D eigenvalue weighted by molar-refractivity contribution is 5.36. The van der Waals surface area contributed by atoms with Crippen molar-refractivity contribution < 1.29 is 9.47 Å². The first kappa shape index (κ1) is 13.1. The number of nitrogens with zero attached hydrogens (tertiary/aromatic N) is 3. The standard InChI is InChI=1S/C13H15N4O2/c1-9-11(5-4-7-14-9)19-10(2)16-12-6-8-15-13(17-12)18-3/h4-8,10H,2H2,1,3H3,(H,15,16,17). The fraction of sp³-hybridized carbons (Fsp3) is 0.231. The fourth-order valence-electron chi connectivity index (χ4n) is 1.46. The second-order valence-corrected chi connectivity index (χ2v) is 3.77. The Kier molecular flexibility index (Phi) is 4.12. The molecule has 0 saturated carbocycles. The third-order valence-electron chi connectivity index (χ3n) is 2.35. The van der Waals surface area contributed by atoms with Crippen LogP contribution in [0.25, 0.3) is 0 Å². The molecule has 0 spiro atoms. The third kappa shape index (κ3) is 3.54. The van der Waals surface area contributed by atoms with Crippen molar-refractivity contribution in [1.82, 2.24) is 15.0 Å². The van der Waals surface area contributed by atoms with E-state index in [1.54, 1.807) is 18.5 Å². The van der Waals surface area contributed by atoms with Crippen LogP contribution in [0.4, 0.5) is 5.82 Å². The molecule has 0 aliphatic rings. The number of anilines is 1. The number of aryl methyl sites for hydroxylation is 1. The lowest BCUT2D eigenvalue weighted by Crippen LogP contribution is -2.24. The molecular weight excluding hydrogens is 244 g/mol. The summed E-state index contributed by atoms with van der Waals surface area (Å²) in [5.74, 6) is 1.25. The van der Waals surface area contributed by atoms with Crippen molar-refractivity contribution in [3.8, 4) is 11.8 Å². The lowest BCUT2D eigenvalue weighted by atomic mass is 10.3. The predicted molar refractivity (Wildman–Crippen MR) is 71.0 cm³/mol. The van der Waals surface area contributed by atoms with E-state index in [9.17, 15) is 0 Å². The minimum absolute atomic E-state index is 0.287. The molecule has 2 aromatic heterocycles. The molecule has 99 valence electrons. The maximum Gasteiger partial charge on any atom is 0.318 e. The van der Waals surface area contributed by atoms with E-state index in [4.69, 9.17) is 9.47 Å². The normalized spacial score (nSPS) is 11.7. The number of hydrogen-bond donors (Lipinski definition) is 1. The minimum Gasteiger partial charge on any atom is -0.469 e. The van der Waals surface area contributed by atoms with Gasteiger partial charge in [-0.05, 0) is 25.1 Å².